The van der Waals surface area contributed by atoms with Crippen LogP contribution in [0.4, 0.5) is 0 Å². The number of quaternary nitrogens is 1. The van der Waals surface area contributed by atoms with Crippen LogP contribution in [0.25, 0.3) is 0 Å². The van der Waals surface area contributed by atoms with Gasteiger partial charge in [0.15, 0.2) is 6.04 Å². The van der Waals surface area contributed by atoms with Gasteiger partial charge in [0.25, 0.3) is 0 Å². The van der Waals surface area contributed by atoms with Gasteiger partial charge in [-0.1, -0.05) is 18.7 Å². The first-order valence-corrected chi connectivity index (χ1v) is 5.88. The molecule has 0 spiro atoms. The maximum absolute atomic E-state index is 12.5. The molecule has 1 saturated heterocycles. The molecule has 0 radical (unpaired) electrons. The lowest BCUT2D eigenvalue weighted by Crippen LogP contribution is -2.54. The highest BCUT2D eigenvalue weighted by Gasteiger charge is 2.46. The van der Waals surface area contributed by atoms with E-state index < -0.39 is 12.0 Å². The quantitative estimate of drug-likeness (QED) is 0.492. The van der Waals surface area contributed by atoms with Crippen molar-refractivity contribution in [1.29, 1.82) is 0 Å². The van der Waals surface area contributed by atoms with E-state index in [0.717, 1.165) is 0 Å². The summed E-state index contributed by atoms with van der Waals surface area (Å²) in [5, 5.41) is 9.75. The molecular formula is C14H16NO4+. The Labute approximate surface area is 111 Å². The van der Waals surface area contributed by atoms with Gasteiger partial charge in [0.1, 0.15) is 17.9 Å². The lowest BCUT2D eigenvalue weighted by molar-refractivity contribution is -0.827. The molecule has 0 saturated carbocycles. The normalized spacial score (nSPS) is 19.4. The molecule has 2 rings (SSSR count). The van der Waals surface area contributed by atoms with Gasteiger partial charge in [-0.25, -0.2) is 9.59 Å². The smallest absolute Gasteiger partial charge is 0.349 e. The third kappa shape index (κ3) is 2.13. The number of phenolic OH excluding ortho intramolecular Hbond substituents is 1. The standard InChI is InChI=1S/C14H15NO4/c1-9-11(8-19-14(9)18)15(2,3)13(17)10-6-4-5-7-12(10)16/h4-7,11H,1,8H2,2-3H3/p+1. The number of likely N-dealkylation sites (N-methyl/N-ethyl adjacent to an activating group) is 1. The Bertz CT molecular complexity index is 562. The molecule has 1 amide bonds. The molecule has 1 aliphatic heterocycles. The van der Waals surface area contributed by atoms with Crippen LogP contribution in [0, 0.1) is 0 Å². The topological polar surface area (TPSA) is 63.6 Å². The molecular weight excluding hydrogens is 246 g/mol. The molecule has 1 unspecified atom stereocenters. The molecule has 5 nitrogen and oxygen atoms in total. The fourth-order valence-corrected chi connectivity index (χ4v) is 2.17. The Morgan fingerprint density at radius 3 is 2.58 bits per heavy atom. The lowest BCUT2D eigenvalue weighted by Gasteiger charge is -2.31. The number of phenols is 1. The van der Waals surface area contributed by atoms with Crippen molar-refractivity contribution >= 4 is 11.9 Å². The van der Waals surface area contributed by atoms with E-state index in [1.807, 2.05) is 0 Å². The first-order valence-electron chi connectivity index (χ1n) is 5.88. The van der Waals surface area contributed by atoms with E-state index in [0.29, 0.717) is 0 Å². The Hall–Kier alpha value is -2.14. The monoisotopic (exact) mass is 262 g/mol. The summed E-state index contributed by atoms with van der Waals surface area (Å²) in [5.74, 6) is -0.835. The van der Waals surface area contributed by atoms with Crippen LogP contribution in [0.15, 0.2) is 36.4 Å². The van der Waals surface area contributed by atoms with E-state index in [1.54, 1.807) is 32.3 Å². The van der Waals surface area contributed by atoms with Crippen molar-refractivity contribution in [3.63, 3.8) is 0 Å². The Kier molecular flexibility index (Phi) is 3.16. The first kappa shape index (κ1) is 13.3. The molecule has 0 aromatic heterocycles. The summed E-state index contributed by atoms with van der Waals surface area (Å²) in [6, 6.07) is 5.90. The molecule has 19 heavy (non-hydrogen) atoms. The van der Waals surface area contributed by atoms with Crippen molar-refractivity contribution < 1.29 is 23.9 Å². The Morgan fingerprint density at radius 1 is 1.42 bits per heavy atom. The molecule has 1 fully saturated rings. The molecule has 1 aromatic rings. The highest BCUT2D eigenvalue weighted by Crippen LogP contribution is 2.27. The molecule has 1 heterocycles. The number of amides is 1. The van der Waals surface area contributed by atoms with Crippen molar-refractivity contribution in [2.75, 3.05) is 20.7 Å². The van der Waals surface area contributed by atoms with Gasteiger partial charge in [0, 0.05) is 0 Å². The van der Waals surface area contributed by atoms with Gasteiger partial charge in [-0.2, -0.15) is 0 Å². The van der Waals surface area contributed by atoms with Gasteiger partial charge in [-0.15, -0.1) is 0 Å². The SMILES string of the molecule is C=C1C(=O)OCC1[N+](C)(C)C(=O)c1ccccc1O. The second-order valence-electron chi connectivity index (χ2n) is 5.00. The molecule has 1 aliphatic rings. The largest absolute Gasteiger partial charge is 0.507 e. The van der Waals surface area contributed by atoms with E-state index >= 15 is 0 Å². The summed E-state index contributed by atoms with van der Waals surface area (Å²) in [6.45, 7) is 3.81. The summed E-state index contributed by atoms with van der Waals surface area (Å²) >= 11 is 0. The van der Waals surface area contributed by atoms with Gasteiger partial charge >= 0.3 is 11.9 Å². The predicted molar refractivity (Wildman–Crippen MR) is 68.4 cm³/mol. The third-order valence-corrected chi connectivity index (χ3v) is 3.47. The summed E-state index contributed by atoms with van der Waals surface area (Å²) in [4.78, 5) is 23.9. The maximum atomic E-state index is 12.5. The van der Waals surface area contributed by atoms with Crippen LogP contribution in [0.3, 0.4) is 0 Å². The van der Waals surface area contributed by atoms with Gasteiger partial charge < -0.3 is 9.84 Å². The highest BCUT2D eigenvalue weighted by atomic mass is 16.5. The number of nitrogens with zero attached hydrogens (tertiary/aromatic N) is 1. The average Bonchev–Trinajstić information content (AvgIpc) is 2.70. The summed E-state index contributed by atoms with van der Waals surface area (Å²) in [7, 11) is 3.35. The fraction of sp³-hybridized carbons (Fsp3) is 0.286. The van der Waals surface area contributed by atoms with Crippen LogP contribution in [-0.2, 0) is 9.53 Å². The Balaban J connectivity index is 2.35. The van der Waals surface area contributed by atoms with Crippen LogP contribution < -0.4 is 0 Å². The van der Waals surface area contributed by atoms with Gasteiger partial charge in [-0.05, 0) is 12.1 Å². The second kappa shape index (κ2) is 4.51. The molecule has 0 aliphatic carbocycles. The number of benzene rings is 1. The molecule has 1 aromatic carbocycles. The van der Waals surface area contributed by atoms with Gasteiger partial charge in [-0.3, -0.25) is 4.48 Å². The highest BCUT2D eigenvalue weighted by molar-refractivity contribution is 5.94. The maximum Gasteiger partial charge on any atom is 0.349 e. The van der Waals surface area contributed by atoms with Crippen LogP contribution >= 0.6 is 0 Å². The van der Waals surface area contributed by atoms with Crippen molar-refractivity contribution in [1.82, 2.24) is 0 Å². The summed E-state index contributed by atoms with van der Waals surface area (Å²) < 4.78 is 4.79. The third-order valence-electron chi connectivity index (χ3n) is 3.47. The number of hydrogen-bond donors (Lipinski definition) is 1. The van der Waals surface area contributed by atoms with Crippen molar-refractivity contribution in [3.8, 4) is 5.75 Å². The van der Waals surface area contributed by atoms with Crippen LogP contribution in [0.1, 0.15) is 10.4 Å². The fourth-order valence-electron chi connectivity index (χ4n) is 2.17. The van der Waals surface area contributed by atoms with E-state index in [1.165, 1.54) is 6.07 Å². The summed E-state index contributed by atoms with van der Waals surface area (Å²) in [5.41, 5.74) is 0.508. The minimum Gasteiger partial charge on any atom is -0.507 e. The van der Waals surface area contributed by atoms with Crippen molar-refractivity contribution in [3.05, 3.63) is 42.0 Å². The number of carbonyl (C=O) groups is 2. The molecule has 5 heteroatoms. The number of para-hydroxylation sites is 1. The zero-order chi connectivity index (χ0) is 14.2. The van der Waals surface area contributed by atoms with Crippen molar-refractivity contribution in [2.45, 2.75) is 6.04 Å². The first-order chi connectivity index (χ1) is 8.85. The zero-order valence-corrected chi connectivity index (χ0v) is 10.9. The number of carbonyl (C=O) groups excluding carboxylic acids is 2. The second-order valence-corrected chi connectivity index (χ2v) is 5.00. The lowest BCUT2D eigenvalue weighted by atomic mass is 10.1. The number of esters is 1. The number of cyclic esters (lactones) is 1. The van der Waals surface area contributed by atoms with E-state index in [2.05, 4.69) is 6.58 Å². The van der Waals surface area contributed by atoms with Crippen LogP contribution in [0.2, 0.25) is 0 Å². The molecule has 0 bridgehead atoms. The van der Waals surface area contributed by atoms with E-state index in [4.69, 9.17) is 4.74 Å². The zero-order valence-electron chi connectivity index (χ0n) is 10.9. The van der Waals surface area contributed by atoms with Crippen LogP contribution in [0.5, 0.6) is 5.75 Å². The van der Waals surface area contributed by atoms with Gasteiger partial charge in [0.05, 0.1) is 19.7 Å². The molecule has 100 valence electrons. The Morgan fingerprint density at radius 2 is 2.05 bits per heavy atom. The minimum atomic E-state index is -0.471. The number of hydrogen-bond acceptors (Lipinski definition) is 4. The molecule has 1 N–H and O–H groups in total. The number of aromatic hydroxyl groups is 1. The average molecular weight is 262 g/mol. The van der Waals surface area contributed by atoms with Crippen LogP contribution in [-0.4, -0.2) is 48.2 Å². The number of ether oxygens (including phenoxy) is 1. The van der Waals surface area contributed by atoms with Crippen molar-refractivity contribution in [2.24, 2.45) is 0 Å². The summed E-state index contributed by atoms with van der Waals surface area (Å²) in [6.07, 6.45) is 0. The number of rotatable bonds is 2. The van der Waals surface area contributed by atoms with Gasteiger partial charge in [0.2, 0.25) is 0 Å². The minimum absolute atomic E-state index is 0.0745. The van der Waals surface area contributed by atoms with E-state index in [-0.39, 0.29) is 33.9 Å². The van der Waals surface area contributed by atoms with E-state index in [9.17, 15) is 14.7 Å². The molecule has 1 atom stereocenters. The predicted octanol–water partition coefficient (Wildman–Crippen LogP) is 1.09.